The van der Waals surface area contributed by atoms with E-state index in [1.54, 1.807) is 0 Å². The van der Waals surface area contributed by atoms with Crippen LogP contribution in [0.3, 0.4) is 0 Å². The predicted molar refractivity (Wildman–Crippen MR) is 55.6 cm³/mol. The molecule has 0 saturated carbocycles. The Morgan fingerprint density at radius 3 is 2.28 bits per heavy atom. The lowest BCUT2D eigenvalue weighted by Crippen LogP contribution is -2.61. The Labute approximate surface area is 102 Å². The highest BCUT2D eigenvalue weighted by Gasteiger charge is 2.48. The van der Waals surface area contributed by atoms with Gasteiger partial charge in [0.05, 0.1) is 0 Å². The Kier molecular flexibility index (Phi) is 4.98. The van der Waals surface area contributed by atoms with Crippen molar-refractivity contribution in [3.8, 4) is 0 Å². The van der Waals surface area contributed by atoms with Gasteiger partial charge in [-0.1, -0.05) is 0 Å². The van der Waals surface area contributed by atoms with Crippen molar-refractivity contribution in [1.29, 1.82) is 0 Å². The summed E-state index contributed by atoms with van der Waals surface area (Å²) >= 11 is 0. The molecule has 9 nitrogen and oxygen atoms in total. The maximum Gasteiger partial charge on any atom is 0.327 e. The Hall–Kier alpha value is -0.380. The summed E-state index contributed by atoms with van der Waals surface area (Å²) in [4.78, 5) is 19.4. The molecule has 0 amide bonds. The maximum atomic E-state index is 11.0. The van der Waals surface area contributed by atoms with E-state index >= 15 is 0 Å². The number of ether oxygens (including phenoxy) is 1. The van der Waals surface area contributed by atoms with E-state index in [4.69, 9.17) is 9.63 Å². The van der Waals surface area contributed by atoms with Crippen LogP contribution < -0.4 is 0 Å². The molecule has 18 heavy (non-hydrogen) atoms. The van der Waals surface area contributed by atoms with E-state index in [2.05, 4.69) is 4.52 Å². The summed E-state index contributed by atoms with van der Waals surface area (Å²) in [5.74, 6) is 0. The van der Waals surface area contributed by atoms with Gasteiger partial charge in [-0.25, -0.2) is 0 Å². The highest BCUT2D eigenvalue weighted by Crippen LogP contribution is 2.41. The van der Waals surface area contributed by atoms with Crippen LogP contribution in [0.2, 0.25) is 0 Å². The first-order chi connectivity index (χ1) is 8.17. The molecule has 0 aromatic rings. The monoisotopic (exact) mass is 286 g/mol. The molecule has 10 heteroatoms. The highest BCUT2D eigenvalue weighted by molar-refractivity contribution is 7.51. The standard InChI is InChI=1S/C8H15O9P/c1-18(14,15)17-8-6(13)4(11)5(12)7(16-8)3(10)2-9/h2-8,10-13H,1H3,(H,14,15)/t3-,4+,5+,6?,7?,8+/m1/s1. The molecule has 0 spiro atoms. The highest BCUT2D eigenvalue weighted by atomic mass is 31.2. The number of aldehydes is 1. The lowest BCUT2D eigenvalue weighted by molar-refractivity contribution is -0.285. The number of hydrogen-bond donors (Lipinski definition) is 5. The van der Waals surface area contributed by atoms with Crippen LogP contribution in [-0.2, 0) is 18.6 Å². The molecule has 0 bridgehead atoms. The van der Waals surface area contributed by atoms with Gasteiger partial charge in [0.15, 0.2) is 12.6 Å². The fourth-order valence-corrected chi connectivity index (χ4v) is 2.07. The molecule has 7 atom stereocenters. The Morgan fingerprint density at radius 2 is 1.83 bits per heavy atom. The minimum Gasteiger partial charge on any atom is -0.387 e. The molecule has 1 saturated heterocycles. The van der Waals surface area contributed by atoms with Gasteiger partial charge in [-0.05, 0) is 0 Å². The third-order valence-corrected chi connectivity index (χ3v) is 2.98. The van der Waals surface area contributed by atoms with Crippen LogP contribution in [0, 0.1) is 0 Å². The van der Waals surface area contributed by atoms with E-state index in [1.165, 1.54) is 0 Å². The molecule has 1 heterocycles. The summed E-state index contributed by atoms with van der Waals surface area (Å²) in [5.41, 5.74) is 0. The van der Waals surface area contributed by atoms with Crippen LogP contribution in [0.5, 0.6) is 0 Å². The minimum atomic E-state index is -4.03. The van der Waals surface area contributed by atoms with Gasteiger partial charge in [0.25, 0.3) is 0 Å². The quantitative estimate of drug-likeness (QED) is 0.272. The van der Waals surface area contributed by atoms with Crippen LogP contribution in [0.15, 0.2) is 0 Å². The maximum absolute atomic E-state index is 11.0. The van der Waals surface area contributed by atoms with Gasteiger partial charge < -0.3 is 34.9 Å². The summed E-state index contributed by atoms with van der Waals surface area (Å²) in [7, 11) is -4.03. The molecule has 1 aliphatic rings. The van der Waals surface area contributed by atoms with Gasteiger partial charge in [-0.2, -0.15) is 0 Å². The van der Waals surface area contributed by atoms with E-state index in [-0.39, 0.29) is 6.29 Å². The third kappa shape index (κ3) is 3.56. The molecule has 0 aliphatic carbocycles. The van der Waals surface area contributed by atoms with Gasteiger partial charge in [0, 0.05) is 6.66 Å². The van der Waals surface area contributed by atoms with Gasteiger partial charge in [-0.15, -0.1) is 0 Å². The first-order valence-corrected chi connectivity index (χ1v) is 7.01. The molecule has 1 rings (SSSR count). The summed E-state index contributed by atoms with van der Waals surface area (Å²) in [6, 6.07) is 0. The van der Waals surface area contributed by atoms with Crippen molar-refractivity contribution in [3.63, 3.8) is 0 Å². The zero-order valence-corrected chi connectivity index (χ0v) is 10.3. The molecule has 106 valence electrons. The normalized spacial score (nSPS) is 42.0. The SMILES string of the molecule is CP(=O)(O)O[C@@H]1OC([C@H](O)C=O)[C@@H](O)[C@H](O)C1O. The Balaban J connectivity index is 2.87. The Morgan fingerprint density at radius 1 is 1.28 bits per heavy atom. The molecule has 3 unspecified atom stereocenters. The van der Waals surface area contributed by atoms with Crippen molar-refractivity contribution in [2.45, 2.75) is 36.8 Å². The predicted octanol–water partition coefficient (Wildman–Crippen LogP) is -2.81. The summed E-state index contributed by atoms with van der Waals surface area (Å²) in [6.45, 7) is 0.825. The van der Waals surface area contributed by atoms with E-state index < -0.39 is 44.4 Å². The van der Waals surface area contributed by atoms with Crippen molar-refractivity contribution in [1.82, 2.24) is 0 Å². The van der Waals surface area contributed by atoms with Crippen molar-refractivity contribution < 1.29 is 43.9 Å². The lowest BCUT2D eigenvalue weighted by Gasteiger charge is -2.40. The van der Waals surface area contributed by atoms with Crippen LogP contribution in [0.25, 0.3) is 0 Å². The summed E-state index contributed by atoms with van der Waals surface area (Å²) in [5, 5.41) is 37.7. The van der Waals surface area contributed by atoms with Crippen molar-refractivity contribution >= 4 is 13.9 Å². The number of aliphatic hydroxyl groups is 4. The van der Waals surface area contributed by atoms with E-state index in [9.17, 15) is 29.8 Å². The fraction of sp³-hybridized carbons (Fsp3) is 0.875. The molecule has 0 aromatic heterocycles. The number of carbonyl (C=O) groups excluding carboxylic acids is 1. The van der Waals surface area contributed by atoms with E-state index in [0.717, 1.165) is 6.66 Å². The van der Waals surface area contributed by atoms with Gasteiger partial charge in [0.1, 0.15) is 30.5 Å². The fourth-order valence-electron chi connectivity index (χ4n) is 1.51. The molecular formula is C8H15O9P. The van der Waals surface area contributed by atoms with E-state index in [1.807, 2.05) is 0 Å². The second-order valence-corrected chi connectivity index (χ2v) is 5.79. The topological polar surface area (TPSA) is 154 Å². The van der Waals surface area contributed by atoms with Gasteiger partial charge >= 0.3 is 7.60 Å². The average Bonchev–Trinajstić information content (AvgIpc) is 2.27. The van der Waals surface area contributed by atoms with Crippen LogP contribution >= 0.6 is 7.60 Å². The number of carbonyl (C=O) groups is 1. The van der Waals surface area contributed by atoms with E-state index in [0.29, 0.717) is 0 Å². The molecule has 1 aliphatic heterocycles. The molecule has 0 radical (unpaired) electrons. The number of aliphatic hydroxyl groups excluding tert-OH is 4. The number of hydrogen-bond acceptors (Lipinski definition) is 8. The van der Waals surface area contributed by atoms with Gasteiger partial charge in [-0.3, -0.25) is 9.09 Å². The van der Waals surface area contributed by atoms with Crippen LogP contribution in [0.4, 0.5) is 0 Å². The van der Waals surface area contributed by atoms with Gasteiger partial charge in [0.2, 0.25) is 0 Å². The molecule has 0 aromatic carbocycles. The molecule has 1 fully saturated rings. The number of rotatable bonds is 4. The Bertz CT molecular complexity index is 341. The summed E-state index contributed by atoms with van der Waals surface area (Å²) in [6.07, 6.45) is -10.4. The molecule has 5 N–H and O–H groups in total. The molecular weight excluding hydrogens is 271 g/mol. The van der Waals surface area contributed by atoms with Crippen LogP contribution in [-0.4, -0.2) is 75.1 Å². The average molecular weight is 286 g/mol. The van der Waals surface area contributed by atoms with Crippen LogP contribution in [0.1, 0.15) is 0 Å². The minimum absolute atomic E-state index is 0.0554. The first kappa shape index (κ1) is 15.7. The zero-order chi connectivity index (χ0) is 14.1. The lowest BCUT2D eigenvalue weighted by atomic mass is 9.96. The second-order valence-electron chi connectivity index (χ2n) is 3.98. The second kappa shape index (κ2) is 5.72. The first-order valence-electron chi connectivity index (χ1n) is 4.99. The summed E-state index contributed by atoms with van der Waals surface area (Å²) < 4.78 is 20.3. The largest absolute Gasteiger partial charge is 0.387 e. The van der Waals surface area contributed by atoms with Crippen molar-refractivity contribution in [2.24, 2.45) is 0 Å². The zero-order valence-electron chi connectivity index (χ0n) is 9.36. The smallest absolute Gasteiger partial charge is 0.327 e. The third-order valence-electron chi connectivity index (χ3n) is 2.38. The van der Waals surface area contributed by atoms with Crippen molar-refractivity contribution in [2.75, 3.05) is 6.66 Å². The van der Waals surface area contributed by atoms with Crippen molar-refractivity contribution in [3.05, 3.63) is 0 Å².